The lowest BCUT2D eigenvalue weighted by atomic mass is 10.3. The Labute approximate surface area is 90.7 Å². The molecule has 1 aromatic carbocycles. The van der Waals surface area contributed by atoms with Crippen LogP contribution in [-0.2, 0) is 9.53 Å². The van der Waals surface area contributed by atoms with Crippen LogP contribution in [0.5, 0.6) is 0 Å². The van der Waals surface area contributed by atoms with Gasteiger partial charge in [0, 0.05) is 12.5 Å². The normalized spacial score (nSPS) is 11.3. The Balaban J connectivity index is 2.85. The van der Waals surface area contributed by atoms with Gasteiger partial charge in [-0.15, -0.1) is 0 Å². The number of nitrogens with zero attached hydrogens (tertiary/aromatic N) is 1. The SMILES string of the molecule is CCC(=O)OC(N)=Nc1ccc(F)cc1F. The first-order valence-corrected chi connectivity index (χ1v) is 4.52. The molecule has 86 valence electrons. The van der Waals surface area contributed by atoms with Crippen molar-refractivity contribution in [1.82, 2.24) is 0 Å². The van der Waals surface area contributed by atoms with E-state index in [0.717, 1.165) is 12.1 Å². The van der Waals surface area contributed by atoms with Crippen LogP contribution < -0.4 is 5.73 Å². The minimum Gasteiger partial charge on any atom is -0.393 e. The average molecular weight is 228 g/mol. The van der Waals surface area contributed by atoms with Crippen LogP contribution in [0.1, 0.15) is 13.3 Å². The fourth-order valence-electron chi connectivity index (χ4n) is 0.902. The number of halogens is 2. The van der Waals surface area contributed by atoms with Crippen LogP contribution in [-0.4, -0.2) is 12.0 Å². The third-order valence-corrected chi connectivity index (χ3v) is 1.65. The van der Waals surface area contributed by atoms with Crippen LogP contribution in [0, 0.1) is 11.6 Å². The van der Waals surface area contributed by atoms with Crippen LogP contribution in [0.3, 0.4) is 0 Å². The van der Waals surface area contributed by atoms with Crippen molar-refractivity contribution in [3.63, 3.8) is 0 Å². The number of carbonyl (C=O) groups excluding carboxylic acids is 1. The van der Waals surface area contributed by atoms with E-state index in [1.807, 2.05) is 0 Å². The van der Waals surface area contributed by atoms with Gasteiger partial charge in [-0.25, -0.2) is 8.78 Å². The molecule has 0 aromatic heterocycles. The molecule has 0 fully saturated rings. The summed E-state index contributed by atoms with van der Waals surface area (Å²) in [5, 5.41) is 0. The number of amidine groups is 1. The second-order valence-corrected chi connectivity index (χ2v) is 2.87. The van der Waals surface area contributed by atoms with Gasteiger partial charge in [0.15, 0.2) is 5.82 Å². The second kappa shape index (κ2) is 5.20. The summed E-state index contributed by atoms with van der Waals surface area (Å²) in [6, 6.07) is 2.30. The molecule has 0 aliphatic carbocycles. The van der Waals surface area contributed by atoms with Crippen molar-refractivity contribution in [1.29, 1.82) is 0 Å². The molecule has 4 nitrogen and oxygen atoms in total. The summed E-state index contributed by atoms with van der Waals surface area (Å²) in [5.41, 5.74) is 5.04. The highest BCUT2D eigenvalue weighted by Crippen LogP contribution is 2.18. The van der Waals surface area contributed by atoms with Crippen molar-refractivity contribution in [3.05, 3.63) is 29.8 Å². The smallest absolute Gasteiger partial charge is 0.313 e. The fraction of sp³-hybridized carbons (Fsp3) is 0.200. The molecule has 0 spiro atoms. The number of aliphatic imine (C=N–C) groups is 1. The van der Waals surface area contributed by atoms with Gasteiger partial charge in [0.2, 0.25) is 0 Å². The van der Waals surface area contributed by atoms with E-state index in [4.69, 9.17) is 5.73 Å². The number of hydrogen-bond acceptors (Lipinski definition) is 3. The molecule has 0 heterocycles. The number of carbonyl (C=O) groups is 1. The molecule has 0 aliphatic heterocycles. The molecule has 0 atom stereocenters. The van der Waals surface area contributed by atoms with Gasteiger partial charge >= 0.3 is 5.97 Å². The Morgan fingerprint density at radius 3 is 2.75 bits per heavy atom. The number of hydrogen-bond donors (Lipinski definition) is 1. The predicted molar refractivity (Wildman–Crippen MR) is 54.0 cm³/mol. The molecule has 0 saturated carbocycles. The van der Waals surface area contributed by atoms with Crippen LogP contribution >= 0.6 is 0 Å². The third kappa shape index (κ3) is 3.30. The van der Waals surface area contributed by atoms with E-state index in [1.54, 1.807) is 6.92 Å². The van der Waals surface area contributed by atoms with Crippen molar-refractivity contribution >= 4 is 17.7 Å². The highest BCUT2D eigenvalue weighted by atomic mass is 19.1. The Bertz CT molecular complexity index is 433. The molecule has 0 radical (unpaired) electrons. The van der Waals surface area contributed by atoms with E-state index in [2.05, 4.69) is 9.73 Å². The fourth-order valence-corrected chi connectivity index (χ4v) is 0.902. The van der Waals surface area contributed by atoms with Crippen LogP contribution in [0.25, 0.3) is 0 Å². The zero-order valence-electron chi connectivity index (χ0n) is 8.54. The van der Waals surface area contributed by atoms with Crippen LogP contribution in [0.15, 0.2) is 23.2 Å². The maximum atomic E-state index is 13.1. The van der Waals surface area contributed by atoms with Gasteiger partial charge in [-0.3, -0.25) is 4.79 Å². The number of esters is 1. The lowest BCUT2D eigenvalue weighted by Crippen LogP contribution is -2.19. The van der Waals surface area contributed by atoms with Crippen molar-refractivity contribution in [2.45, 2.75) is 13.3 Å². The molecule has 1 rings (SSSR count). The molecule has 6 heteroatoms. The molecule has 0 saturated heterocycles. The van der Waals surface area contributed by atoms with Gasteiger partial charge in [-0.2, -0.15) is 4.99 Å². The maximum absolute atomic E-state index is 13.1. The van der Waals surface area contributed by atoms with E-state index in [0.29, 0.717) is 6.07 Å². The van der Waals surface area contributed by atoms with E-state index in [9.17, 15) is 13.6 Å². The second-order valence-electron chi connectivity index (χ2n) is 2.87. The van der Waals surface area contributed by atoms with Gasteiger partial charge in [-0.1, -0.05) is 6.92 Å². The Morgan fingerprint density at radius 1 is 1.50 bits per heavy atom. The van der Waals surface area contributed by atoms with Crippen molar-refractivity contribution in [2.75, 3.05) is 0 Å². The van der Waals surface area contributed by atoms with Gasteiger partial charge < -0.3 is 10.5 Å². The van der Waals surface area contributed by atoms with Gasteiger partial charge in [-0.05, 0) is 12.1 Å². The van der Waals surface area contributed by atoms with Crippen molar-refractivity contribution in [3.8, 4) is 0 Å². The average Bonchev–Trinajstić information content (AvgIpc) is 2.22. The molecule has 1 aromatic rings. The minimum atomic E-state index is -0.879. The Kier molecular flexibility index (Phi) is 3.93. The summed E-state index contributed by atoms with van der Waals surface area (Å²) in [6.45, 7) is 1.58. The number of benzene rings is 1. The van der Waals surface area contributed by atoms with Crippen molar-refractivity contribution < 1.29 is 18.3 Å². The maximum Gasteiger partial charge on any atom is 0.313 e. The first-order valence-electron chi connectivity index (χ1n) is 4.52. The first kappa shape index (κ1) is 12.1. The molecule has 2 N–H and O–H groups in total. The van der Waals surface area contributed by atoms with Gasteiger partial charge in [0.1, 0.15) is 11.5 Å². The third-order valence-electron chi connectivity index (χ3n) is 1.65. The number of ether oxygens (including phenoxy) is 1. The summed E-state index contributed by atoms with van der Waals surface area (Å²) < 4.78 is 30.1. The molecule has 0 amide bonds. The lowest BCUT2D eigenvalue weighted by molar-refractivity contribution is -0.135. The van der Waals surface area contributed by atoms with E-state index in [1.165, 1.54) is 0 Å². The number of nitrogens with two attached hydrogens (primary N) is 1. The first-order chi connectivity index (χ1) is 7.52. The minimum absolute atomic E-state index is 0.127. The Hall–Kier alpha value is -1.98. The molecular formula is C10H10F2N2O2. The monoisotopic (exact) mass is 228 g/mol. The molecular weight excluding hydrogens is 218 g/mol. The van der Waals surface area contributed by atoms with Crippen LogP contribution in [0.2, 0.25) is 0 Å². The molecule has 0 aliphatic rings. The summed E-state index contributed by atoms with van der Waals surface area (Å²) >= 11 is 0. The highest BCUT2D eigenvalue weighted by Gasteiger charge is 2.06. The molecule has 0 bridgehead atoms. The van der Waals surface area contributed by atoms with E-state index < -0.39 is 23.6 Å². The van der Waals surface area contributed by atoms with E-state index >= 15 is 0 Å². The zero-order valence-corrected chi connectivity index (χ0v) is 8.54. The van der Waals surface area contributed by atoms with Gasteiger partial charge in [0.05, 0.1) is 0 Å². The zero-order chi connectivity index (χ0) is 12.1. The largest absolute Gasteiger partial charge is 0.393 e. The summed E-state index contributed by atoms with van der Waals surface area (Å²) in [7, 11) is 0. The predicted octanol–water partition coefficient (Wildman–Crippen LogP) is 1.86. The van der Waals surface area contributed by atoms with Crippen molar-refractivity contribution in [2.24, 2.45) is 10.7 Å². The topological polar surface area (TPSA) is 64.7 Å². The van der Waals surface area contributed by atoms with E-state index in [-0.39, 0.29) is 12.1 Å². The summed E-state index contributed by atoms with van der Waals surface area (Å²) in [5.74, 6) is -2.18. The highest BCUT2D eigenvalue weighted by molar-refractivity contribution is 5.87. The molecule has 16 heavy (non-hydrogen) atoms. The van der Waals surface area contributed by atoms with Crippen LogP contribution in [0.4, 0.5) is 14.5 Å². The number of rotatable bonds is 2. The summed E-state index contributed by atoms with van der Waals surface area (Å²) in [6.07, 6.45) is 0.127. The quantitative estimate of drug-likeness (QED) is 0.477. The lowest BCUT2D eigenvalue weighted by Gasteiger charge is -2.01. The van der Waals surface area contributed by atoms with Gasteiger partial charge in [0.25, 0.3) is 6.02 Å². The molecule has 0 unspecified atom stereocenters. The Morgan fingerprint density at radius 2 is 2.19 bits per heavy atom. The summed E-state index contributed by atoms with van der Waals surface area (Å²) in [4.78, 5) is 14.3. The standard InChI is InChI=1S/C10H10F2N2O2/c1-2-9(15)16-10(13)14-8-4-3-6(11)5-7(8)12/h3-5H,2H2,1H3,(H2,13,14).